The van der Waals surface area contributed by atoms with Crippen molar-refractivity contribution in [1.82, 2.24) is 0 Å². The third kappa shape index (κ3) is 2.86. The summed E-state index contributed by atoms with van der Waals surface area (Å²) in [6.07, 6.45) is 1.63. The number of hydrogen-bond acceptors (Lipinski definition) is 4. The number of aliphatic hydroxyl groups excluding tert-OH is 1. The first-order valence-electron chi connectivity index (χ1n) is 6.19. The summed E-state index contributed by atoms with van der Waals surface area (Å²) in [4.78, 5) is 0. The molecule has 2 rings (SSSR count). The maximum Gasteiger partial charge on any atom is 0.161 e. The molecule has 96 valence electrons. The number of ether oxygens (including phenoxy) is 1. The molecule has 0 amide bonds. The Labute approximate surface area is 112 Å². The molecule has 4 heteroatoms. The molecule has 0 spiro atoms. The van der Waals surface area contributed by atoms with Crippen LogP contribution in [-0.2, 0) is 0 Å². The Morgan fingerprint density at radius 3 is 2.63 bits per heavy atom. The van der Waals surface area contributed by atoms with E-state index in [1.807, 2.05) is 12.1 Å². The zero-order valence-corrected chi connectivity index (χ0v) is 10.4. The summed E-state index contributed by atoms with van der Waals surface area (Å²) in [6.45, 7) is 5.69. The molecule has 0 aliphatic heterocycles. The van der Waals surface area contributed by atoms with Crippen molar-refractivity contribution in [2.45, 2.75) is 37.4 Å². The summed E-state index contributed by atoms with van der Waals surface area (Å²) in [7, 11) is 0. The van der Waals surface area contributed by atoms with Gasteiger partial charge in [0.15, 0.2) is 5.92 Å². The lowest BCUT2D eigenvalue weighted by molar-refractivity contribution is 0.0598. The molecule has 1 aromatic rings. The van der Waals surface area contributed by atoms with Gasteiger partial charge in [-0.1, -0.05) is 6.07 Å². The summed E-state index contributed by atoms with van der Waals surface area (Å²) in [5.74, 6) is -0.467. The van der Waals surface area contributed by atoms with Crippen molar-refractivity contribution in [2.75, 3.05) is 0 Å². The van der Waals surface area contributed by atoms with Crippen molar-refractivity contribution >= 4 is 0 Å². The Bertz CT molecular complexity index is 528. The standard InChI is InChI=1S/C15H14N2O2/c1-10-5-6-14(12(7-10)11(8-16)9-17)19-15-4-2-3-13(15)18/h1,5-7,11,13,15,18H,2-4H2. The first-order valence-corrected chi connectivity index (χ1v) is 6.19. The zero-order valence-electron chi connectivity index (χ0n) is 10.4. The Morgan fingerprint density at radius 1 is 1.32 bits per heavy atom. The Hall–Kier alpha value is -2.04. The van der Waals surface area contributed by atoms with Gasteiger partial charge in [-0.05, 0) is 43.9 Å². The van der Waals surface area contributed by atoms with Gasteiger partial charge in [0.1, 0.15) is 11.9 Å². The second-order valence-corrected chi connectivity index (χ2v) is 4.64. The third-order valence-electron chi connectivity index (χ3n) is 3.30. The van der Waals surface area contributed by atoms with Crippen molar-refractivity contribution in [3.63, 3.8) is 0 Å². The first-order chi connectivity index (χ1) is 9.15. The molecule has 4 nitrogen and oxygen atoms in total. The zero-order chi connectivity index (χ0) is 13.8. The fourth-order valence-electron chi connectivity index (χ4n) is 2.27. The van der Waals surface area contributed by atoms with Gasteiger partial charge in [0, 0.05) is 5.56 Å². The van der Waals surface area contributed by atoms with E-state index < -0.39 is 12.0 Å². The predicted octanol–water partition coefficient (Wildman–Crippen LogP) is 2.17. The first kappa shape index (κ1) is 13.4. The minimum Gasteiger partial charge on any atom is -0.487 e. The van der Waals surface area contributed by atoms with E-state index in [4.69, 9.17) is 22.2 Å². The van der Waals surface area contributed by atoms with Crippen LogP contribution >= 0.6 is 0 Å². The van der Waals surface area contributed by atoms with E-state index in [1.54, 1.807) is 18.2 Å². The molecule has 0 saturated heterocycles. The number of aliphatic hydroxyl groups is 1. The van der Waals surface area contributed by atoms with Gasteiger partial charge in [-0.25, -0.2) is 0 Å². The largest absolute Gasteiger partial charge is 0.487 e. The molecule has 0 aromatic heterocycles. The van der Waals surface area contributed by atoms with Crippen LogP contribution in [0.15, 0.2) is 18.2 Å². The van der Waals surface area contributed by atoms with E-state index >= 15 is 0 Å². The van der Waals surface area contributed by atoms with Gasteiger partial charge in [-0.15, -0.1) is 0 Å². The normalized spacial score (nSPS) is 21.9. The molecule has 2 atom stereocenters. The smallest absolute Gasteiger partial charge is 0.161 e. The topological polar surface area (TPSA) is 77.0 Å². The highest BCUT2D eigenvalue weighted by atomic mass is 16.5. The lowest BCUT2D eigenvalue weighted by atomic mass is 9.99. The van der Waals surface area contributed by atoms with Gasteiger partial charge in [0.2, 0.25) is 0 Å². The molecule has 0 bridgehead atoms. The molecular weight excluding hydrogens is 240 g/mol. The minimum absolute atomic E-state index is 0.277. The predicted molar refractivity (Wildman–Crippen MR) is 68.1 cm³/mol. The van der Waals surface area contributed by atoms with Crippen molar-refractivity contribution in [1.29, 1.82) is 10.5 Å². The van der Waals surface area contributed by atoms with Gasteiger partial charge in [-0.3, -0.25) is 0 Å². The van der Waals surface area contributed by atoms with Crippen molar-refractivity contribution in [2.24, 2.45) is 0 Å². The number of rotatable bonds is 3. The van der Waals surface area contributed by atoms with Crippen LogP contribution in [0.2, 0.25) is 0 Å². The van der Waals surface area contributed by atoms with Gasteiger partial charge in [0.05, 0.1) is 18.2 Å². The van der Waals surface area contributed by atoms with Crippen LogP contribution in [0, 0.1) is 29.6 Å². The van der Waals surface area contributed by atoms with Gasteiger partial charge >= 0.3 is 0 Å². The summed E-state index contributed by atoms with van der Waals surface area (Å²) >= 11 is 0. The molecule has 0 heterocycles. The van der Waals surface area contributed by atoms with Crippen LogP contribution in [0.1, 0.15) is 36.3 Å². The number of nitriles is 2. The summed E-state index contributed by atoms with van der Waals surface area (Å²) < 4.78 is 5.75. The minimum atomic E-state index is -0.919. The average molecular weight is 254 g/mol. The van der Waals surface area contributed by atoms with E-state index in [2.05, 4.69) is 0 Å². The van der Waals surface area contributed by atoms with E-state index in [0.29, 0.717) is 16.9 Å². The monoisotopic (exact) mass is 254 g/mol. The molecule has 1 aliphatic carbocycles. The van der Waals surface area contributed by atoms with Crippen molar-refractivity contribution in [3.05, 3.63) is 36.2 Å². The van der Waals surface area contributed by atoms with Crippen molar-refractivity contribution in [3.8, 4) is 17.9 Å². The molecule has 2 unspecified atom stereocenters. The number of nitrogens with zero attached hydrogens (tertiary/aromatic N) is 2. The van der Waals surface area contributed by atoms with E-state index in [-0.39, 0.29) is 6.10 Å². The van der Waals surface area contributed by atoms with Gasteiger partial charge in [0.25, 0.3) is 0 Å². The second kappa shape index (κ2) is 5.73. The third-order valence-corrected chi connectivity index (χ3v) is 3.30. The Morgan fingerprint density at radius 2 is 2.05 bits per heavy atom. The SMILES string of the molecule is [CH]c1ccc(OC2CCCC2O)c(C(C#N)C#N)c1. The summed E-state index contributed by atoms with van der Waals surface area (Å²) in [5.41, 5.74) is 0.939. The fraction of sp³-hybridized carbons (Fsp3) is 0.400. The van der Waals surface area contributed by atoms with Crippen LogP contribution < -0.4 is 4.74 Å². The highest BCUT2D eigenvalue weighted by Gasteiger charge is 2.28. The van der Waals surface area contributed by atoms with E-state index in [1.165, 1.54) is 0 Å². The van der Waals surface area contributed by atoms with Gasteiger partial charge in [-0.2, -0.15) is 10.5 Å². The molecule has 1 aliphatic rings. The molecule has 19 heavy (non-hydrogen) atoms. The van der Waals surface area contributed by atoms with Gasteiger partial charge < -0.3 is 9.84 Å². The molecular formula is C15H14N2O2. The second-order valence-electron chi connectivity index (χ2n) is 4.64. The molecule has 1 fully saturated rings. The molecule has 1 N–H and O–H groups in total. The lowest BCUT2D eigenvalue weighted by Crippen LogP contribution is -2.26. The lowest BCUT2D eigenvalue weighted by Gasteiger charge is -2.20. The maximum atomic E-state index is 9.77. The number of hydrogen-bond donors (Lipinski definition) is 1. The Kier molecular flexibility index (Phi) is 4.04. The highest BCUT2D eigenvalue weighted by Crippen LogP contribution is 2.31. The van der Waals surface area contributed by atoms with Crippen LogP contribution in [0.4, 0.5) is 0 Å². The summed E-state index contributed by atoms with van der Waals surface area (Å²) in [5, 5.41) is 27.7. The van der Waals surface area contributed by atoms with Crippen LogP contribution in [0.3, 0.4) is 0 Å². The molecule has 2 radical (unpaired) electrons. The molecule has 1 saturated carbocycles. The van der Waals surface area contributed by atoms with Crippen LogP contribution in [-0.4, -0.2) is 17.3 Å². The number of benzene rings is 1. The molecule has 1 aromatic carbocycles. The summed E-state index contributed by atoms with van der Waals surface area (Å²) in [6, 6.07) is 8.71. The maximum absolute atomic E-state index is 9.77. The van der Waals surface area contributed by atoms with E-state index in [9.17, 15) is 5.11 Å². The Balaban J connectivity index is 2.30. The average Bonchev–Trinajstić information content (AvgIpc) is 2.80. The fourth-order valence-corrected chi connectivity index (χ4v) is 2.27. The van der Waals surface area contributed by atoms with Crippen LogP contribution in [0.5, 0.6) is 5.75 Å². The van der Waals surface area contributed by atoms with Crippen LogP contribution in [0.25, 0.3) is 0 Å². The highest BCUT2D eigenvalue weighted by molar-refractivity contribution is 5.46. The van der Waals surface area contributed by atoms with Crippen molar-refractivity contribution < 1.29 is 9.84 Å². The van der Waals surface area contributed by atoms with E-state index in [0.717, 1.165) is 19.3 Å². The quantitative estimate of drug-likeness (QED) is 0.896.